The van der Waals surface area contributed by atoms with Crippen LogP contribution in [-0.4, -0.2) is 110 Å². The molecule has 0 radical (unpaired) electrons. The number of methoxy groups -OCH3 is 1. The van der Waals surface area contributed by atoms with Crippen LogP contribution in [0.4, 0.5) is 13.2 Å². The molecule has 4 rings (SSSR count). The topological polar surface area (TPSA) is 104 Å². The van der Waals surface area contributed by atoms with Crippen LogP contribution in [0.15, 0.2) is 46.0 Å². The number of likely N-dealkylation sites (tertiary alicyclic amines) is 1. The van der Waals surface area contributed by atoms with Gasteiger partial charge in [0.2, 0.25) is 0 Å². The SMILES string of the molecule is COC(=O)C1=C(CN2CC(F)(F)C[C@H]2C(=O)O)NC(c2nccs2)=N[C@H]1c1[c-]cc(F)cc1.[H-].[Sr+2]. The van der Waals surface area contributed by atoms with E-state index >= 15 is 0 Å². The number of carboxylic acids is 1. The third-order valence-electron chi connectivity index (χ3n) is 5.27. The molecule has 1 saturated heterocycles. The van der Waals surface area contributed by atoms with Crippen LogP contribution < -0.4 is 5.32 Å². The van der Waals surface area contributed by atoms with E-state index in [1.807, 2.05) is 0 Å². The number of aliphatic carboxylic acids is 1. The fourth-order valence-electron chi connectivity index (χ4n) is 3.83. The van der Waals surface area contributed by atoms with Gasteiger partial charge in [-0.2, -0.15) is 12.1 Å². The predicted molar refractivity (Wildman–Crippen MR) is 118 cm³/mol. The van der Waals surface area contributed by atoms with E-state index in [0.29, 0.717) is 10.6 Å². The van der Waals surface area contributed by atoms with Crippen molar-refractivity contribution in [1.29, 1.82) is 0 Å². The van der Waals surface area contributed by atoms with Crippen LogP contribution in [0.2, 0.25) is 0 Å². The second-order valence-corrected chi connectivity index (χ2v) is 8.40. The van der Waals surface area contributed by atoms with Gasteiger partial charge in [0.1, 0.15) is 6.04 Å². The van der Waals surface area contributed by atoms with Crippen LogP contribution in [-0.2, 0) is 14.3 Å². The monoisotopic (exact) mass is 568 g/mol. The number of rotatable bonds is 6. The first-order chi connectivity index (χ1) is 15.7. The van der Waals surface area contributed by atoms with Gasteiger partial charge < -0.3 is 16.6 Å². The summed E-state index contributed by atoms with van der Waals surface area (Å²) in [4.78, 5) is 34.2. The normalized spacial score (nSPS) is 21.9. The summed E-state index contributed by atoms with van der Waals surface area (Å²) >= 11 is 1.25. The van der Waals surface area contributed by atoms with E-state index in [0.717, 1.165) is 18.1 Å². The molecule has 2 N–H and O–H groups in total. The molecule has 1 aromatic heterocycles. The van der Waals surface area contributed by atoms with E-state index in [4.69, 9.17) is 4.74 Å². The Morgan fingerprint density at radius 2 is 2.21 bits per heavy atom. The summed E-state index contributed by atoms with van der Waals surface area (Å²) < 4.78 is 46.5. The summed E-state index contributed by atoms with van der Waals surface area (Å²) in [5.41, 5.74) is 0.472. The number of benzene rings is 1. The predicted octanol–water partition coefficient (Wildman–Crippen LogP) is 2.13. The first-order valence-corrected chi connectivity index (χ1v) is 10.6. The molecule has 2 atom stereocenters. The summed E-state index contributed by atoms with van der Waals surface area (Å²) in [6.45, 7) is -1.10. The van der Waals surface area contributed by atoms with E-state index in [-0.39, 0.29) is 70.6 Å². The first-order valence-electron chi connectivity index (χ1n) is 9.76. The Labute approximate surface area is 235 Å². The molecule has 13 heteroatoms. The van der Waals surface area contributed by atoms with Crippen molar-refractivity contribution in [2.45, 2.75) is 24.4 Å². The standard InChI is InChI=1S/C21H18F3N4O4S.Sr.H/c1-32-20(31)15-13(9-28-10-21(23,24)8-14(28)19(29)30)26-17(18-25-6-7-33-18)27-16(15)11-2-4-12(22)5-3-11;;/h2,4-7,14,16H,8-10H2,1H3,(H,26,27)(H,29,30);;/q-1;+2;-1/t14-,16-;;/m0../s1. The molecule has 176 valence electrons. The molecule has 2 aliphatic heterocycles. The number of carbonyl (C=O) groups excluding carboxylic acids is 1. The molecular weight excluding hydrogens is 549 g/mol. The van der Waals surface area contributed by atoms with Gasteiger partial charge in [-0.05, 0) is 0 Å². The van der Waals surface area contributed by atoms with Gasteiger partial charge in [-0.15, -0.1) is 29.0 Å². The second-order valence-electron chi connectivity index (χ2n) is 7.51. The minimum absolute atomic E-state index is 0. The van der Waals surface area contributed by atoms with E-state index in [1.165, 1.54) is 23.5 Å². The molecule has 0 saturated carbocycles. The van der Waals surface area contributed by atoms with Crippen molar-refractivity contribution in [3.05, 3.63) is 63.5 Å². The maximum atomic E-state index is 14.1. The smallest absolute Gasteiger partial charge is 1.00 e. The fraction of sp³-hybridized carbons (Fsp3) is 0.333. The molecule has 0 bridgehead atoms. The zero-order valence-electron chi connectivity index (χ0n) is 18.9. The van der Waals surface area contributed by atoms with Crippen molar-refractivity contribution in [2.75, 3.05) is 20.2 Å². The average molecular weight is 568 g/mol. The maximum Gasteiger partial charge on any atom is 2.00 e. The van der Waals surface area contributed by atoms with Crippen LogP contribution in [0, 0.1) is 11.9 Å². The molecule has 1 fully saturated rings. The van der Waals surface area contributed by atoms with Crippen LogP contribution in [0.5, 0.6) is 0 Å². The number of hydrogen-bond acceptors (Lipinski definition) is 8. The number of nitrogens with one attached hydrogen (secondary N) is 1. The van der Waals surface area contributed by atoms with Gasteiger partial charge >= 0.3 is 57.4 Å². The van der Waals surface area contributed by atoms with Crippen LogP contribution >= 0.6 is 11.3 Å². The van der Waals surface area contributed by atoms with Crippen molar-refractivity contribution in [1.82, 2.24) is 15.2 Å². The molecule has 3 heterocycles. The van der Waals surface area contributed by atoms with Crippen molar-refractivity contribution >= 4 is 74.6 Å². The molecular formula is C21H19F3N4O4SSr. The Balaban J connectivity index is 0.00000216. The molecule has 2 aromatic rings. The molecule has 0 spiro atoms. The van der Waals surface area contributed by atoms with E-state index < -0.39 is 48.7 Å². The number of amidine groups is 1. The molecule has 8 nitrogen and oxygen atoms in total. The van der Waals surface area contributed by atoms with E-state index in [2.05, 4.69) is 21.4 Å². The summed E-state index contributed by atoms with van der Waals surface area (Å²) in [5, 5.41) is 14.6. The number of esters is 1. The summed E-state index contributed by atoms with van der Waals surface area (Å²) in [7, 11) is 1.16. The Bertz CT molecular complexity index is 1130. The third-order valence-corrected chi connectivity index (χ3v) is 6.05. The largest absolute Gasteiger partial charge is 2.00 e. The molecule has 1 aromatic carbocycles. The van der Waals surface area contributed by atoms with Crippen LogP contribution in [0.3, 0.4) is 0 Å². The minimum Gasteiger partial charge on any atom is -1.00 e. The number of carboxylic acid groups (broad SMARTS) is 1. The summed E-state index contributed by atoms with van der Waals surface area (Å²) in [6.07, 6.45) is 0.704. The van der Waals surface area contributed by atoms with Gasteiger partial charge in [-0.1, -0.05) is 0 Å². The molecule has 0 unspecified atom stereocenters. The Morgan fingerprint density at radius 1 is 1.44 bits per heavy atom. The Morgan fingerprint density at radius 3 is 2.79 bits per heavy atom. The number of alkyl halides is 2. The zero-order chi connectivity index (χ0) is 23.8. The van der Waals surface area contributed by atoms with Crippen LogP contribution in [0.1, 0.15) is 24.5 Å². The number of aromatic nitrogens is 1. The number of ether oxygens (including phenoxy) is 1. The number of aliphatic imine (C=N–C) groups is 1. The van der Waals surface area contributed by atoms with Crippen molar-refractivity contribution < 1.29 is 34.0 Å². The van der Waals surface area contributed by atoms with Crippen LogP contribution in [0.25, 0.3) is 0 Å². The van der Waals surface area contributed by atoms with Crippen molar-refractivity contribution in [3.8, 4) is 0 Å². The van der Waals surface area contributed by atoms with Crippen molar-refractivity contribution in [2.24, 2.45) is 4.99 Å². The Hall–Kier alpha value is -1.77. The van der Waals surface area contributed by atoms with Crippen molar-refractivity contribution in [3.63, 3.8) is 0 Å². The summed E-state index contributed by atoms with van der Waals surface area (Å²) in [5.74, 6) is -5.65. The van der Waals surface area contributed by atoms with Gasteiger partial charge in [0.05, 0.1) is 25.3 Å². The number of halogens is 3. The van der Waals surface area contributed by atoms with Gasteiger partial charge in [-0.3, -0.25) is 19.1 Å². The zero-order valence-corrected chi connectivity index (χ0v) is 22.2. The second kappa shape index (κ2) is 10.9. The van der Waals surface area contributed by atoms with E-state index in [9.17, 15) is 27.9 Å². The maximum absolute atomic E-state index is 14.1. The van der Waals surface area contributed by atoms with Gasteiger partial charge in [0, 0.05) is 36.1 Å². The summed E-state index contributed by atoms with van der Waals surface area (Å²) in [6, 6.07) is 3.97. The quantitative estimate of drug-likeness (QED) is 0.313. The van der Waals surface area contributed by atoms with E-state index in [1.54, 1.807) is 11.6 Å². The number of hydrogen-bond donors (Lipinski definition) is 2. The first kappa shape index (κ1) is 26.8. The third kappa shape index (κ3) is 5.71. The van der Waals surface area contributed by atoms with Gasteiger partial charge in [0.15, 0.2) is 10.8 Å². The minimum atomic E-state index is -3.19. The van der Waals surface area contributed by atoms with Gasteiger partial charge in [-0.25, -0.2) is 18.6 Å². The molecule has 0 amide bonds. The molecule has 0 aliphatic carbocycles. The number of thiazole rings is 1. The molecule has 34 heavy (non-hydrogen) atoms. The van der Waals surface area contributed by atoms with Gasteiger partial charge in [0.25, 0.3) is 5.92 Å². The number of carbonyl (C=O) groups is 2. The number of nitrogens with zero attached hydrogens (tertiary/aromatic N) is 3. The molecule has 2 aliphatic rings. The Kier molecular flexibility index (Phi) is 8.58. The fourth-order valence-corrected chi connectivity index (χ4v) is 4.42. The average Bonchev–Trinajstić information content (AvgIpc) is 3.41.